The van der Waals surface area contributed by atoms with E-state index < -0.39 is 18.5 Å². The third kappa shape index (κ3) is 7.56. The molecule has 2 rings (SSSR count). The van der Waals surface area contributed by atoms with Crippen molar-refractivity contribution in [2.24, 2.45) is 0 Å². The van der Waals surface area contributed by atoms with Gasteiger partial charge in [0.25, 0.3) is 5.91 Å². The van der Waals surface area contributed by atoms with Crippen LogP contribution in [0.5, 0.6) is 5.75 Å². The lowest BCUT2D eigenvalue weighted by molar-refractivity contribution is -0.143. The van der Waals surface area contributed by atoms with Gasteiger partial charge in [0.2, 0.25) is 0 Å². The molecule has 0 aliphatic rings. The minimum absolute atomic E-state index is 0.229. The average Bonchev–Trinajstić information content (AvgIpc) is 2.69. The summed E-state index contributed by atoms with van der Waals surface area (Å²) >= 11 is 0. The summed E-state index contributed by atoms with van der Waals surface area (Å²) in [6.07, 6.45) is 4.47. The zero-order valence-electron chi connectivity index (χ0n) is 14.7. The first kappa shape index (κ1) is 19.9. The number of esters is 1. The molecule has 0 spiro atoms. The molecule has 0 aliphatic heterocycles. The normalized spacial score (nSPS) is 10.4. The number of hydrogen-bond acceptors (Lipinski definition) is 4. The number of hydrogen-bond donors (Lipinski definition) is 1. The highest BCUT2D eigenvalue weighted by atomic mass is 19.1. The molecule has 0 saturated carbocycles. The van der Waals surface area contributed by atoms with Crippen LogP contribution in [0.4, 0.5) is 4.39 Å². The number of benzene rings is 2. The molecule has 2 aromatic carbocycles. The predicted molar refractivity (Wildman–Crippen MR) is 100 cm³/mol. The smallest absolute Gasteiger partial charge is 0.331 e. The molecule has 0 unspecified atom stereocenters. The van der Waals surface area contributed by atoms with Crippen LogP contribution in [0.3, 0.4) is 0 Å². The fourth-order valence-electron chi connectivity index (χ4n) is 2.03. The van der Waals surface area contributed by atoms with Crippen molar-refractivity contribution in [1.82, 2.24) is 5.32 Å². The van der Waals surface area contributed by atoms with Crippen molar-refractivity contribution < 1.29 is 23.5 Å². The number of halogens is 1. The van der Waals surface area contributed by atoms with Gasteiger partial charge in [-0.05, 0) is 41.5 Å². The number of carbonyl (C=O) groups excluding carboxylic acids is 2. The zero-order valence-corrected chi connectivity index (χ0v) is 14.7. The van der Waals surface area contributed by atoms with E-state index in [-0.39, 0.29) is 12.4 Å². The Kier molecular flexibility index (Phi) is 7.78. The molecule has 140 valence electrons. The average molecular weight is 369 g/mol. The molecule has 0 aromatic heterocycles. The largest absolute Gasteiger partial charge is 0.490 e. The van der Waals surface area contributed by atoms with E-state index >= 15 is 0 Å². The first-order chi connectivity index (χ1) is 13.1. The van der Waals surface area contributed by atoms with Crippen LogP contribution in [0.15, 0.2) is 67.3 Å². The molecule has 2 aromatic rings. The molecular formula is C21H20FNO4. The van der Waals surface area contributed by atoms with Gasteiger partial charge in [0.15, 0.2) is 6.61 Å². The Balaban J connectivity index is 1.71. The second kappa shape index (κ2) is 10.6. The molecule has 0 atom stereocenters. The quantitative estimate of drug-likeness (QED) is 0.419. The predicted octanol–water partition coefficient (Wildman–Crippen LogP) is 3.26. The minimum Gasteiger partial charge on any atom is -0.490 e. The highest BCUT2D eigenvalue weighted by Crippen LogP contribution is 2.13. The lowest BCUT2D eigenvalue weighted by Gasteiger charge is -2.05. The maximum Gasteiger partial charge on any atom is 0.331 e. The van der Waals surface area contributed by atoms with Crippen LogP contribution in [0.2, 0.25) is 0 Å². The van der Waals surface area contributed by atoms with Crippen LogP contribution in [-0.2, 0) is 20.9 Å². The topological polar surface area (TPSA) is 64.6 Å². The molecule has 6 heteroatoms. The third-order valence-electron chi connectivity index (χ3n) is 3.41. The van der Waals surface area contributed by atoms with Crippen LogP contribution >= 0.6 is 0 Å². The fourth-order valence-corrected chi connectivity index (χ4v) is 2.03. The van der Waals surface area contributed by atoms with Crippen molar-refractivity contribution in [3.63, 3.8) is 0 Å². The Morgan fingerprint density at radius 1 is 1.07 bits per heavy atom. The van der Waals surface area contributed by atoms with Gasteiger partial charge in [-0.2, -0.15) is 0 Å². The summed E-state index contributed by atoms with van der Waals surface area (Å²) in [4.78, 5) is 23.4. The standard InChI is InChI=1S/C21H20FNO4/c1-2-13-26-19-10-5-16(6-11-19)7-12-21(25)27-15-20(24)23-14-17-3-8-18(22)9-4-17/h2-12H,1,13-15H2,(H,23,24)/b12-7+. The van der Waals surface area contributed by atoms with E-state index in [9.17, 15) is 14.0 Å². The van der Waals surface area contributed by atoms with Crippen molar-refractivity contribution in [2.45, 2.75) is 6.54 Å². The second-order valence-electron chi connectivity index (χ2n) is 5.51. The third-order valence-corrected chi connectivity index (χ3v) is 3.41. The van der Waals surface area contributed by atoms with E-state index in [1.807, 2.05) is 0 Å². The van der Waals surface area contributed by atoms with E-state index in [4.69, 9.17) is 9.47 Å². The van der Waals surface area contributed by atoms with E-state index in [0.717, 1.165) is 11.1 Å². The number of carbonyl (C=O) groups is 2. The Hall–Kier alpha value is -3.41. The maximum atomic E-state index is 12.8. The van der Waals surface area contributed by atoms with Crippen LogP contribution in [0, 0.1) is 5.82 Å². The maximum absolute atomic E-state index is 12.8. The van der Waals surface area contributed by atoms with Crippen molar-refractivity contribution in [3.05, 3.63) is 84.2 Å². The molecule has 1 amide bonds. The van der Waals surface area contributed by atoms with Crippen LogP contribution in [0.1, 0.15) is 11.1 Å². The van der Waals surface area contributed by atoms with E-state index in [1.165, 1.54) is 18.2 Å². The number of rotatable bonds is 9. The molecule has 0 fully saturated rings. The summed E-state index contributed by atoms with van der Waals surface area (Å²) in [5, 5.41) is 2.59. The van der Waals surface area contributed by atoms with Gasteiger partial charge in [-0.3, -0.25) is 4.79 Å². The summed E-state index contributed by atoms with van der Waals surface area (Å²) in [7, 11) is 0. The molecular weight excluding hydrogens is 349 g/mol. The molecule has 0 aliphatic carbocycles. The molecule has 0 bridgehead atoms. The van der Waals surface area contributed by atoms with Gasteiger partial charge in [-0.1, -0.05) is 36.9 Å². The first-order valence-electron chi connectivity index (χ1n) is 8.26. The van der Waals surface area contributed by atoms with Crippen molar-refractivity contribution in [1.29, 1.82) is 0 Å². The Morgan fingerprint density at radius 2 is 1.78 bits per heavy atom. The highest BCUT2D eigenvalue weighted by Gasteiger charge is 2.05. The molecule has 1 N–H and O–H groups in total. The van der Waals surface area contributed by atoms with E-state index in [0.29, 0.717) is 12.4 Å². The van der Waals surface area contributed by atoms with Crippen LogP contribution < -0.4 is 10.1 Å². The van der Waals surface area contributed by atoms with Gasteiger partial charge in [0, 0.05) is 12.6 Å². The second-order valence-corrected chi connectivity index (χ2v) is 5.51. The van der Waals surface area contributed by atoms with Gasteiger partial charge in [-0.15, -0.1) is 0 Å². The lowest BCUT2D eigenvalue weighted by atomic mass is 10.2. The Bertz CT molecular complexity index is 798. The van der Waals surface area contributed by atoms with Gasteiger partial charge in [-0.25, -0.2) is 9.18 Å². The molecule has 0 saturated heterocycles. The molecule has 5 nitrogen and oxygen atoms in total. The monoisotopic (exact) mass is 369 g/mol. The molecule has 0 heterocycles. The van der Waals surface area contributed by atoms with E-state index in [1.54, 1.807) is 48.6 Å². The number of nitrogens with one attached hydrogen (secondary N) is 1. The summed E-state index contributed by atoms with van der Waals surface area (Å²) in [6, 6.07) is 12.9. The minimum atomic E-state index is -0.626. The van der Waals surface area contributed by atoms with Crippen molar-refractivity contribution in [3.8, 4) is 5.75 Å². The molecule has 0 radical (unpaired) electrons. The lowest BCUT2D eigenvalue weighted by Crippen LogP contribution is -2.28. The molecule has 27 heavy (non-hydrogen) atoms. The van der Waals surface area contributed by atoms with Gasteiger partial charge in [0.1, 0.15) is 18.2 Å². The van der Waals surface area contributed by atoms with Crippen LogP contribution in [0.25, 0.3) is 6.08 Å². The zero-order chi connectivity index (χ0) is 19.5. The summed E-state index contributed by atoms with van der Waals surface area (Å²) in [5.41, 5.74) is 1.54. The Labute approximate surface area is 157 Å². The SMILES string of the molecule is C=CCOc1ccc(/C=C/C(=O)OCC(=O)NCc2ccc(F)cc2)cc1. The van der Waals surface area contributed by atoms with Gasteiger partial charge >= 0.3 is 5.97 Å². The Morgan fingerprint density at radius 3 is 2.44 bits per heavy atom. The first-order valence-corrected chi connectivity index (χ1v) is 8.26. The summed E-state index contributed by atoms with van der Waals surface area (Å²) in [5.74, 6) is -0.708. The number of amides is 1. The number of ether oxygens (including phenoxy) is 2. The van der Waals surface area contributed by atoms with Gasteiger partial charge in [0.05, 0.1) is 0 Å². The van der Waals surface area contributed by atoms with Crippen LogP contribution in [-0.4, -0.2) is 25.1 Å². The van der Waals surface area contributed by atoms with E-state index in [2.05, 4.69) is 11.9 Å². The van der Waals surface area contributed by atoms with Crippen molar-refractivity contribution in [2.75, 3.05) is 13.2 Å². The van der Waals surface area contributed by atoms with Gasteiger partial charge < -0.3 is 14.8 Å². The fraction of sp³-hybridized carbons (Fsp3) is 0.143. The summed E-state index contributed by atoms with van der Waals surface area (Å²) in [6.45, 7) is 3.83. The summed E-state index contributed by atoms with van der Waals surface area (Å²) < 4.78 is 23.0. The van der Waals surface area contributed by atoms with Crippen molar-refractivity contribution >= 4 is 18.0 Å². The highest BCUT2D eigenvalue weighted by molar-refractivity contribution is 5.89.